The summed E-state index contributed by atoms with van der Waals surface area (Å²) in [6.45, 7) is 0. The summed E-state index contributed by atoms with van der Waals surface area (Å²) in [5.41, 5.74) is 0.0356. The van der Waals surface area contributed by atoms with Crippen molar-refractivity contribution in [2.45, 2.75) is 0 Å². The Balaban J connectivity index is 0.000000236. The molecule has 0 unspecified atom stereocenters. The molecular formula is C13H9N5O6S. The molecule has 0 spiro atoms. The van der Waals surface area contributed by atoms with Gasteiger partial charge in [-0.05, 0) is 29.7 Å². The van der Waals surface area contributed by atoms with E-state index in [1.54, 1.807) is 0 Å². The molecule has 0 atom stereocenters. The zero-order chi connectivity index (χ0) is 18.2. The SMILES string of the molecule is O=C(Nc1ccc([N+](=O)[O-])cn1)c1csnn1.O=C(O)c1ccco1. The number of aromatic carboxylic acids is 1. The number of furan rings is 1. The van der Waals surface area contributed by atoms with Gasteiger partial charge in [0.1, 0.15) is 12.0 Å². The molecule has 11 nitrogen and oxygen atoms in total. The molecule has 0 aromatic carbocycles. The van der Waals surface area contributed by atoms with Crippen molar-refractivity contribution in [1.29, 1.82) is 0 Å². The maximum absolute atomic E-state index is 11.5. The fourth-order valence-electron chi connectivity index (χ4n) is 1.41. The van der Waals surface area contributed by atoms with Crippen molar-refractivity contribution in [3.05, 3.63) is 63.7 Å². The molecule has 0 aliphatic heterocycles. The van der Waals surface area contributed by atoms with Crippen LogP contribution in [0.3, 0.4) is 0 Å². The highest BCUT2D eigenvalue weighted by Gasteiger charge is 2.11. The number of hydrogen-bond acceptors (Lipinski definition) is 9. The van der Waals surface area contributed by atoms with E-state index in [1.165, 1.54) is 35.9 Å². The number of aromatic nitrogens is 3. The number of carbonyl (C=O) groups is 2. The molecule has 3 heterocycles. The van der Waals surface area contributed by atoms with Crippen LogP contribution in [0.1, 0.15) is 21.0 Å². The highest BCUT2D eigenvalue weighted by Crippen LogP contribution is 2.12. The molecule has 0 saturated heterocycles. The summed E-state index contributed by atoms with van der Waals surface area (Å²) in [6, 6.07) is 5.52. The quantitative estimate of drug-likeness (QED) is 0.522. The normalized spacial score (nSPS) is 9.60. The Hall–Kier alpha value is -3.67. The lowest BCUT2D eigenvalue weighted by atomic mass is 10.4. The van der Waals surface area contributed by atoms with Gasteiger partial charge >= 0.3 is 5.97 Å². The number of nitrogens with one attached hydrogen (secondary N) is 1. The Labute approximate surface area is 143 Å². The molecule has 1 amide bonds. The van der Waals surface area contributed by atoms with Crippen LogP contribution in [-0.4, -0.2) is 36.5 Å². The van der Waals surface area contributed by atoms with Gasteiger partial charge in [-0.15, -0.1) is 5.10 Å². The van der Waals surface area contributed by atoms with Crippen LogP contribution >= 0.6 is 11.5 Å². The predicted octanol–water partition coefficient (Wildman–Crippen LogP) is 2.07. The fraction of sp³-hybridized carbons (Fsp3) is 0. The summed E-state index contributed by atoms with van der Waals surface area (Å²) in [6.07, 6.45) is 2.39. The van der Waals surface area contributed by atoms with Crippen LogP contribution in [0.4, 0.5) is 11.5 Å². The molecule has 0 saturated carbocycles. The molecule has 2 N–H and O–H groups in total. The van der Waals surface area contributed by atoms with Crippen LogP contribution in [0.15, 0.2) is 46.5 Å². The first-order valence-electron chi connectivity index (χ1n) is 6.43. The van der Waals surface area contributed by atoms with Gasteiger partial charge < -0.3 is 14.8 Å². The van der Waals surface area contributed by atoms with Crippen molar-refractivity contribution in [2.75, 3.05) is 5.32 Å². The third-order valence-electron chi connectivity index (χ3n) is 2.52. The number of hydrogen-bond donors (Lipinski definition) is 2. The third-order valence-corrected chi connectivity index (χ3v) is 3.03. The zero-order valence-corrected chi connectivity index (χ0v) is 13.0. The maximum atomic E-state index is 11.5. The monoisotopic (exact) mass is 363 g/mol. The number of carboxylic acid groups (broad SMARTS) is 1. The van der Waals surface area contributed by atoms with E-state index >= 15 is 0 Å². The van der Waals surface area contributed by atoms with Crippen molar-refractivity contribution < 1.29 is 24.0 Å². The second-order valence-corrected chi connectivity index (χ2v) is 4.80. The van der Waals surface area contributed by atoms with Gasteiger partial charge in [-0.25, -0.2) is 9.78 Å². The van der Waals surface area contributed by atoms with Crippen LogP contribution in [0.2, 0.25) is 0 Å². The van der Waals surface area contributed by atoms with E-state index < -0.39 is 16.8 Å². The van der Waals surface area contributed by atoms with Gasteiger partial charge in [0.15, 0.2) is 5.69 Å². The van der Waals surface area contributed by atoms with Crippen LogP contribution in [0.5, 0.6) is 0 Å². The third kappa shape index (κ3) is 5.18. The van der Waals surface area contributed by atoms with Gasteiger partial charge in [0, 0.05) is 11.4 Å². The number of carboxylic acids is 1. The number of pyridine rings is 1. The highest BCUT2D eigenvalue weighted by atomic mass is 32.1. The van der Waals surface area contributed by atoms with Gasteiger partial charge in [0.05, 0.1) is 11.2 Å². The van der Waals surface area contributed by atoms with Crippen LogP contribution in [0, 0.1) is 10.1 Å². The minimum Gasteiger partial charge on any atom is -0.475 e. The van der Waals surface area contributed by atoms with E-state index in [1.807, 2.05) is 0 Å². The lowest BCUT2D eigenvalue weighted by Crippen LogP contribution is -2.13. The van der Waals surface area contributed by atoms with E-state index in [4.69, 9.17) is 5.11 Å². The lowest BCUT2D eigenvalue weighted by Gasteiger charge is -2.00. The van der Waals surface area contributed by atoms with Gasteiger partial charge in [0.25, 0.3) is 11.6 Å². The van der Waals surface area contributed by atoms with Gasteiger partial charge in [-0.3, -0.25) is 14.9 Å². The van der Waals surface area contributed by atoms with Gasteiger partial charge in [0.2, 0.25) is 5.76 Å². The van der Waals surface area contributed by atoms with E-state index in [2.05, 4.69) is 24.3 Å². The smallest absolute Gasteiger partial charge is 0.371 e. The Morgan fingerprint density at radius 3 is 2.56 bits per heavy atom. The van der Waals surface area contributed by atoms with Crippen molar-refractivity contribution in [3.8, 4) is 0 Å². The van der Waals surface area contributed by atoms with Crippen LogP contribution in [0.25, 0.3) is 0 Å². The number of amides is 1. The Morgan fingerprint density at radius 1 is 1.32 bits per heavy atom. The summed E-state index contributed by atoms with van der Waals surface area (Å²) in [5.74, 6) is -1.30. The second kappa shape index (κ2) is 8.26. The first-order chi connectivity index (χ1) is 12.0. The average molecular weight is 363 g/mol. The minimum atomic E-state index is -1.03. The Morgan fingerprint density at radius 2 is 2.12 bits per heavy atom. The lowest BCUT2D eigenvalue weighted by molar-refractivity contribution is -0.385. The summed E-state index contributed by atoms with van der Waals surface area (Å²) in [7, 11) is 0. The van der Waals surface area contributed by atoms with Crippen LogP contribution in [-0.2, 0) is 0 Å². The van der Waals surface area contributed by atoms with Gasteiger partial charge in [-0.1, -0.05) is 4.49 Å². The standard InChI is InChI=1S/C8H5N5O3S.C5H4O3/c14-8(6-4-17-12-11-6)10-7-2-1-5(3-9-7)13(15)16;6-5(7)4-2-1-3-8-4/h1-4H,(H,9,10,14);1-3H,(H,6,7). The molecule has 0 aliphatic carbocycles. The topological polar surface area (TPSA) is 161 Å². The molecule has 3 aromatic heterocycles. The minimum absolute atomic E-state index is 0.0231. The Kier molecular flexibility index (Phi) is 5.84. The molecule has 0 bridgehead atoms. The highest BCUT2D eigenvalue weighted by molar-refractivity contribution is 7.03. The maximum Gasteiger partial charge on any atom is 0.371 e. The van der Waals surface area contributed by atoms with Crippen molar-refractivity contribution in [2.24, 2.45) is 0 Å². The van der Waals surface area contributed by atoms with E-state index in [0.29, 0.717) is 0 Å². The molecule has 0 fully saturated rings. The number of anilines is 1. The number of nitrogens with zero attached hydrogens (tertiary/aromatic N) is 4. The average Bonchev–Trinajstić information content (AvgIpc) is 3.29. The molecule has 128 valence electrons. The van der Waals surface area contributed by atoms with Crippen molar-refractivity contribution >= 4 is 34.9 Å². The number of carbonyl (C=O) groups excluding carboxylic acids is 1. The van der Waals surface area contributed by atoms with Crippen molar-refractivity contribution in [1.82, 2.24) is 14.6 Å². The van der Waals surface area contributed by atoms with E-state index in [9.17, 15) is 19.7 Å². The summed E-state index contributed by atoms with van der Waals surface area (Å²) in [5, 5.41) is 26.1. The predicted molar refractivity (Wildman–Crippen MR) is 84.4 cm³/mol. The molecule has 0 aliphatic rings. The van der Waals surface area contributed by atoms with Crippen molar-refractivity contribution in [3.63, 3.8) is 0 Å². The Bertz CT molecular complexity index is 848. The first kappa shape index (κ1) is 17.7. The van der Waals surface area contributed by atoms with E-state index in [-0.39, 0.29) is 23.0 Å². The summed E-state index contributed by atoms with van der Waals surface area (Å²) < 4.78 is 8.04. The molecule has 25 heavy (non-hydrogen) atoms. The van der Waals surface area contributed by atoms with E-state index in [0.717, 1.165) is 17.7 Å². The summed E-state index contributed by atoms with van der Waals surface area (Å²) >= 11 is 1.05. The molecule has 3 rings (SSSR count). The largest absolute Gasteiger partial charge is 0.475 e. The zero-order valence-electron chi connectivity index (χ0n) is 12.2. The second-order valence-electron chi connectivity index (χ2n) is 4.19. The number of nitro groups is 1. The molecular weight excluding hydrogens is 354 g/mol. The first-order valence-corrected chi connectivity index (χ1v) is 7.26. The fourth-order valence-corrected chi connectivity index (χ4v) is 1.85. The van der Waals surface area contributed by atoms with Crippen LogP contribution < -0.4 is 5.32 Å². The summed E-state index contributed by atoms with van der Waals surface area (Å²) in [4.78, 5) is 35.0. The molecule has 3 aromatic rings. The van der Waals surface area contributed by atoms with Gasteiger partial charge in [-0.2, -0.15) is 0 Å². The number of rotatable bonds is 4. The molecule has 12 heteroatoms. The molecule has 0 radical (unpaired) electrons.